The number of hydrogen-bond acceptors (Lipinski definition) is 4. The minimum absolute atomic E-state index is 0.303. The molecule has 0 spiro atoms. The quantitative estimate of drug-likeness (QED) is 0.707. The maximum Gasteiger partial charge on any atom is 0.223 e. The molecule has 1 unspecified atom stereocenters. The van der Waals surface area contributed by atoms with Crippen molar-refractivity contribution in [3.63, 3.8) is 0 Å². The highest BCUT2D eigenvalue weighted by Crippen LogP contribution is 2.35. The molecular formula is C15H29N3O2. The van der Waals surface area contributed by atoms with Gasteiger partial charge in [-0.1, -0.05) is 0 Å². The van der Waals surface area contributed by atoms with Gasteiger partial charge in [-0.05, 0) is 25.7 Å². The largest absolute Gasteiger partial charge is 0.383 e. The number of nitrogens with zero attached hydrogens (tertiary/aromatic N) is 2. The second kappa shape index (κ2) is 7.96. The highest BCUT2D eigenvalue weighted by atomic mass is 16.5. The van der Waals surface area contributed by atoms with Gasteiger partial charge in [-0.2, -0.15) is 0 Å². The van der Waals surface area contributed by atoms with Gasteiger partial charge in [0.15, 0.2) is 0 Å². The highest BCUT2D eigenvalue weighted by molar-refractivity contribution is 5.76. The van der Waals surface area contributed by atoms with Crippen molar-refractivity contribution in [1.29, 1.82) is 0 Å². The molecule has 1 amide bonds. The lowest BCUT2D eigenvalue weighted by atomic mass is 10.1. The summed E-state index contributed by atoms with van der Waals surface area (Å²) in [5.41, 5.74) is 0. The molecule has 5 heteroatoms. The summed E-state index contributed by atoms with van der Waals surface area (Å²) >= 11 is 0. The van der Waals surface area contributed by atoms with Gasteiger partial charge in [0.25, 0.3) is 0 Å². The van der Waals surface area contributed by atoms with Crippen LogP contribution in [-0.2, 0) is 9.53 Å². The number of rotatable bonds is 8. The molecule has 0 aromatic carbocycles. The zero-order valence-corrected chi connectivity index (χ0v) is 12.9. The number of carbonyl (C=O) groups is 1. The van der Waals surface area contributed by atoms with E-state index in [1.54, 1.807) is 7.11 Å². The second-order valence-electron chi connectivity index (χ2n) is 5.99. The van der Waals surface area contributed by atoms with Crippen molar-refractivity contribution >= 4 is 5.91 Å². The summed E-state index contributed by atoms with van der Waals surface area (Å²) in [7, 11) is 1.74. The number of ether oxygens (including phenoxy) is 1. The van der Waals surface area contributed by atoms with Crippen molar-refractivity contribution in [2.24, 2.45) is 5.92 Å². The number of hydrogen-bond donors (Lipinski definition) is 1. The molecule has 0 aromatic rings. The maximum absolute atomic E-state index is 12.2. The van der Waals surface area contributed by atoms with Crippen LogP contribution >= 0.6 is 0 Å². The number of amides is 1. The van der Waals surface area contributed by atoms with Gasteiger partial charge < -0.3 is 15.0 Å². The number of nitrogens with one attached hydrogen (secondary N) is 1. The molecule has 1 atom stereocenters. The molecule has 5 nitrogen and oxygen atoms in total. The zero-order valence-electron chi connectivity index (χ0n) is 12.9. The van der Waals surface area contributed by atoms with Crippen molar-refractivity contribution < 1.29 is 9.53 Å². The summed E-state index contributed by atoms with van der Waals surface area (Å²) < 4.78 is 5.20. The Labute approximate surface area is 122 Å². The van der Waals surface area contributed by atoms with E-state index in [-0.39, 0.29) is 0 Å². The molecule has 20 heavy (non-hydrogen) atoms. The Morgan fingerprint density at radius 3 is 2.65 bits per heavy atom. The summed E-state index contributed by atoms with van der Waals surface area (Å²) in [6, 6.07) is 0.584. The summed E-state index contributed by atoms with van der Waals surface area (Å²) in [5.74, 6) is 1.14. The molecule has 2 aliphatic rings. The van der Waals surface area contributed by atoms with Crippen LogP contribution < -0.4 is 5.32 Å². The van der Waals surface area contributed by atoms with E-state index < -0.39 is 0 Å². The van der Waals surface area contributed by atoms with Crippen LogP contribution in [0.4, 0.5) is 0 Å². The van der Waals surface area contributed by atoms with E-state index in [0.717, 1.165) is 51.8 Å². The average molecular weight is 283 g/mol. The van der Waals surface area contributed by atoms with E-state index >= 15 is 0 Å². The monoisotopic (exact) mass is 283 g/mol. The van der Waals surface area contributed by atoms with Gasteiger partial charge in [-0.25, -0.2) is 0 Å². The Kier molecular flexibility index (Phi) is 6.26. The topological polar surface area (TPSA) is 44.8 Å². The van der Waals surface area contributed by atoms with Crippen LogP contribution in [0.25, 0.3) is 0 Å². The minimum atomic E-state index is 0.303. The Hall–Kier alpha value is -0.650. The summed E-state index contributed by atoms with van der Waals surface area (Å²) in [6.45, 7) is 8.41. The van der Waals surface area contributed by atoms with Crippen LogP contribution in [0, 0.1) is 5.92 Å². The smallest absolute Gasteiger partial charge is 0.223 e. The lowest BCUT2D eigenvalue weighted by Gasteiger charge is -2.31. The molecule has 1 aliphatic carbocycles. The van der Waals surface area contributed by atoms with Gasteiger partial charge in [-0.15, -0.1) is 0 Å². The van der Waals surface area contributed by atoms with Crippen LogP contribution in [0.5, 0.6) is 0 Å². The Morgan fingerprint density at radius 1 is 1.35 bits per heavy atom. The Bertz CT molecular complexity index is 301. The molecule has 2 rings (SSSR count). The lowest BCUT2D eigenvalue weighted by Crippen LogP contribution is -2.47. The second-order valence-corrected chi connectivity index (χ2v) is 5.99. The van der Waals surface area contributed by atoms with Crippen molar-refractivity contribution in [2.75, 3.05) is 53.0 Å². The standard InChI is InChI=1S/C15H29N3O2/c1-13(14-3-4-14)17(11-12-20-2)8-5-15(19)18-9-6-16-7-10-18/h13-14,16H,3-12H2,1-2H3. The Morgan fingerprint density at radius 2 is 2.05 bits per heavy atom. The molecule has 0 aromatic heterocycles. The van der Waals surface area contributed by atoms with Gasteiger partial charge in [0.1, 0.15) is 0 Å². The third-order valence-corrected chi connectivity index (χ3v) is 4.55. The molecule has 1 saturated heterocycles. The first-order chi connectivity index (χ1) is 9.72. The van der Waals surface area contributed by atoms with Crippen molar-refractivity contribution in [3.05, 3.63) is 0 Å². The summed E-state index contributed by atoms with van der Waals surface area (Å²) in [4.78, 5) is 16.6. The first-order valence-electron chi connectivity index (χ1n) is 7.94. The normalized spacial score (nSPS) is 21.2. The van der Waals surface area contributed by atoms with Gasteiger partial charge in [-0.3, -0.25) is 9.69 Å². The van der Waals surface area contributed by atoms with Gasteiger partial charge in [0, 0.05) is 58.8 Å². The van der Waals surface area contributed by atoms with Crippen LogP contribution in [-0.4, -0.2) is 74.7 Å². The number of piperazine rings is 1. The fraction of sp³-hybridized carbons (Fsp3) is 0.933. The molecule has 1 heterocycles. The van der Waals surface area contributed by atoms with Crippen LogP contribution in [0.1, 0.15) is 26.2 Å². The van der Waals surface area contributed by atoms with Crippen molar-refractivity contribution in [1.82, 2.24) is 15.1 Å². The molecule has 0 radical (unpaired) electrons. The summed E-state index contributed by atoms with van der Waals surface area (Å²) in [5, 5.41) is 3.28. The van der Waals surface area contributed by atoms with E-state index in [2.05, 4.69) is 17.1 Å². The average Bonchev–Trinajstić information content (AvgIpc) is 3.32. The van der Waals surface area contributed by atoms with Gasteiger partial charge in [0.05, 0.1) is 6.61 Å². The van der Waals surface area contributed by atoms with E-state index in [0.29, 0.717) is 18.4 Å². The fourth-order valence-corrected chi connectivity index (χ4v) is 2.92. The van der Waals surface area contributed by atoms with E-state index in [1.807, 2.05) is 4.90 Å². The van der Waals surface area contributed by atoms with E-state index in [9.17, 15) is 4.79 Å². The third-order valence-electron chi connectivity index (χ3n) is 4.55. The van der Waals surface area contributed by atoms with E-state index in [1.165, 1.54) is 12.8 Å². The zero-order chi connectivity index (χ0) is 14.4. The predicted octanol–water partition coefficient (Wildman–Crippen LogP) is 0.555. The lowest BCUT2D eigenvalue weighted by molar-refractivity contribution is -0.132. The van der Waals surface area contributed by atoms with Crippen LogP contribution in [0.2, 0.25) is 0 Å². The van der Waals surface area contributed by atoms with Gasteiger partial charge >= 0.3 is 0 Å². The van der Waals surface area contributed by atoms with Gasteiger partial charge in [0.2, 0.25) is 5.91 Å². The fourth-order valence-electron chi connectivity index (χ4n) is 2.92. The molecule has 0 bridgehead atoms. The highest BCUT2D eigenvalue weighted by Gasteiger charge is 2.32. The third kappa shape index (κ3) is 4.72. The minimum Gasteiger partial charge on any atom is -0.383 e. The number of methoxy groups -OCH3 is 1. The molecular weight excluding hydrogens is 254 g/mol. The maximum atomic E-state index is 12.2. The SMILES string of the molecule is COCCN(CCC(=O)N1CCNCC1)C(C)C1CC1. The molecule has 1 N–H and O–H groups in total. The first-order valence-corrected chi connectivity index (χ1v) is 7.94. The predicted molar refractivity (Wildman–Crippen MR) is 79.7 cm³/mol. The number of carbonyl (C=O) groups excluding carboxylic acids is 1. The van der Waals surface area contributed by atoms with E-state index in [4.69, 9.17) is 4.74 Å². The van der Waals surface area contributed by atoms with Crippen molar-refractivity contribution in [3.8, 4) is 0 Å². The molecule has 2 fully saturated rings. The van der Waals surface area contributed by atoms with Crippen LogP contribution in [0.15, 0.2) is 0 Å². The van der Waals surface area contributed by atoms with Crippen LogP contribution in [0.3, 0.4) is 0 Å². The molecule has 1 saturated carbocycles. The van der Waals surface area contributed by atoms with Crippen molar-refractivity contribution in [2.45, 2.75) is 32.2 Å². The first kappa shape index (κ1) is 15.7. The molecule has 116 valence electrons. The Balaban J connectivity index is 1.75. The molecule has 1 aliphatic heterocycles. The summed E-state index contributed by atoms with van der Waals surface area (Å²) in [6.07, 6.45) is 3.33.